The molecule has 1 aromatic carbocycles. The molecule has 1 aromatic heterocycles. The zero-order valence-electron chi connectivity index (χ0n) is 12.9. The fourth-order valence-electron chi connectivity index (χ4n) is 2.85. The van der Waals surface area contributed by atoms with Gasteiger partial charge in [0.2, 0.25) is 5.91 Å². The van der Waals surface area contributed by atoms with Gasteiger partial charge in [0.05, 0.1) is 12.0 Å². The third-order valence-corrected chi connectivity index (χ3v) is 4.16. The average molecular weight is 316 g/mol. The minimum atomic E-state index is -1.03. The fraction of sp³-hybridized carbons (Fsp3) is 0.412. The second kappa shape index (κ2) is 6.42. The Balaban J connectivity index is 1.68. The highest BCUT2D eigenvalue weighted by molar-refractivity contribution is 5.88. The van der Waals surface area contributed by atoms with Crippen LogP contribution in [0, 0.1) is 5.92 Å². The summed E-state index contributed by atoms with van der Waals surface area (Å²) in [5, 5.41) is 13.0. The van der Waals surface area contributed by atoms with Crippen molar-refractivity contribution < 1.29 is 19.4 Å². The monoisotopic (exact) mass is 316 g/mol. The summed E-state index contributed by atoms with van der Waals surface area (Å²) >= 11 is 0. The topological polar surface area (TPSA) is 91.4 Å². The summed E-state index contributed by atoms with van der Waals surface area (Å²) in [5.74, 6) is -1.49. The molecule has 0 aliphatic heterocycles. The summed E-state index contributed by atoms with van der Waals surface area (Å²) in [4.78, 5) is 26.7. The van der Waals surface area contributed by atoms with Gasteiger partial charge in [-0.25, -0.2) is 4.79 Å². The minimum absolute atomic E-state index is 0.0671. The number of carboxylic acids is 1. The van der Waals surface area contributed by atoms with Gasteiger partial charge in [-0.2, -0.15) is 0 Å². The number of para-hydroxylation sites is 1. The standard InChI is InChI=1S/C17H20N2O4/c1-2-23-15-8-12(15)16(20)19-14(17(21)22)7-10-9-18-13-6-4-3-5-11(10)13/h3-6,9,12,14-15,18H,2,7-8H2,1H3,(H,19,20)(H,21,22)/t12-,14+,15+/m0/s1. The van der Waals surface area contributed by atoms with Gasteiger partial charge in [0.25, 0.3) is 0 Å². The van der Waals surface area contributed by atoms with Crippen molar-refractivity contribution in [2.45, 2.75) is 31.9 Å². The summed E-state index contributed by atoms with van der Waals surface area (Å²) in [6, 6.07) is 6.76. The Hall–Kier alpha value is -2.34. The predicted molar refractivity (Wildman–Crippen MR) is 85.1 cm³/mol. The van der Waals surface area contributed by atoms with E-state index < -0.39 is 12.0 Å². The van der Waals surface area contributed by atoms with E-state index in [1.54, 1.807) is 6.20 Å². The maximum absolute atomic E-state index is 12.1. The van der Waals surface area contributed by atoms with Gasteiger partial charge in [-0.3, -0.25) is 4.79 Å². The number of nitrogens with one attached hydrogen (secondary N) is 2. The molecule has 23 heavy (non-hydrogen) atoms. The van der Waals surface area contributed by atoms with Crippen molar-refractivity contribution in [1.82, 2.24) is 10.3 Å². The smallest absolute Gasteiger partial charge is 0.326 e. The van der Waals surface area contributed by atoms with Crippen LogP contribution in [0.25, 0.3) is 10.9 Å². The molecule has 6 nitrogen and oxygen atoms in total. The lowest BCUT2D eigenvalue weighted by Crippen LogP contribution is -2.43. The third-order valence-electron chi connectivity index (χ3n) is 4.16. The van der Waals surface area contributed by atoms with Crippen molar-refractivity contribution in [2.75, 3.05) is 6.61 Å². The van der Waals surface area contributed by atoms with Crippen LogP contribution in [0.15, 0.2) is 30.5 Å². The summed E-state index contributed by atoms with van der Waals surface area (Å²) in [6.07, 6.45) is 2.64. The van der Waals surface area contributed by atoms with Crippen LogP contribution in [0.5, 0.6) is 0 Å². The lowest BCUT2D eigenvalue weighted by Gasteiger charge is -2.14. The molecule has 2 aromatic rings. The number of benzene rings is 1. The fourth-order valence-corrected chi connectivity index (χ4v) is 2.85. The van der Waals surface area contributed by atoms with Crippen molar-refractivity contribution in [3.63, 3.8) is 0 Å². The van der Waals surface area contributed by atoms with Gasteiger partial charge < -0.3 is 20.1 Å². The van der Waals surface area contributed by atoms with Gasteiger partial charge in [-0.15, -0.1) is 0 Å². The molecule has 0 bridgehead atoms. The van der Waals surface area contributed by atoms with Crippen molar-refractivity contribution in [2.24, 2.45) is 5.92 Å². The van der Waals surface area contributed by atoms with Crippen molar-refractivity contribution in [3.8, 4) is 0 Å². The van der Waals surface area contributed by atoms with Crippen LogP contribution in [0.3, 0.4) is 0 Å². The summed E-state index contributed by atoms with van der Waals surface area (Å²) in [7, 11) is 0. The number of hydrogen-bond donors (Lipinski definition) is 3. The molecule has 3 N–H and O–H groups in total. The number of rotatable bonds is 7. The molecule has 3 rings (SSSR count). The first-order valence-electron chi connectivity index (χ1n) is 7.80. The van der Waals surface area contributed by atoms with E-state index in [1.807, 2.05) is 31.2 Å². The van der Waals surface area contributed by atoms with E-state index in [1.165, 1.54) is 0 Å². The first-order valence-corrected chi connectivity index (χ1v) is 7.80. The highest BCUT2D eigenvalue weighted by Gasteiger charge is 2.44. The number of carbonyl (C=O) groups is 2. The Morgan fingerprint density at radius 2 is 2.22 bits per heavy atom. The molecule has 0 spiro atoms. The van der Waals surface area contributed by atoms with E-state index in [4.69, 9.17) is 4.74 Å². The molecule has 0 radical (unpaired) electrons. The van der Waals surface area contributed by atoms with Crippen LogP contribution in [0.4, 0.5) is 0 Å². The number of hydrogen-bond acceptors (Lipinski definition) is 3. The normalized spacial score (nSPS) is 21.1. The zero-order valence-corrected chi connectivity index (χ0v) is 12.9. The van der Waals surface area contributed by atoms with Crippen molar-refractivity contribution >= 4 is 22.8 Å². The molecule has 1 saturated carbocycles. The summed E-state index contributed by atoms with van der Waals surface area (Å²) in [5.41, 5.74) is 1.84. The molecule has 6 heteroatoms. The van der Waals surface area contributed by atoms with E-state index in [2.05, 4.69) is 10.3 Å². The van der Waals surface area contributed by atoms with Crippen LogP contribution in [0.2, 0.25) is 0 Å². The first-order chi connectivity index (χ1) is 11.1. The molecule has 3 atom stereocenters. The summed E-state index contributed by atoms with van der Waals surface area (Å²) < 4.78 is 5.38. The maximum atomic E-state index is 12.1. The van der Waals surface area contributed by atoms with Gasteiger partial charge in [0.15, 0.2) is 0 Å². The van der Waals surface area contributed by atoms with Crippen LogP contribution in [-0.2, 0) is 20.7 Å². The van der Waals surface area contributed by atoms with Crippen LogP contribution >= 0.6 is 0 Å². The quantitative estimate of drug-likeness (QED) is 0.725. The minimum Gasteiger partial charge on any atom is -0.480 e. The highest BCUT2D eigenvalue weighted by Crippen LogP contribution is 2.34. The van der Waals surface area contributed by atoms with E-state index >= 15 is 0 Å². The number of aliphatic carboxylic acids is 1. The highest BCUT2D eigenvalue weighted by atomic mass is 16.5. The summed E-state index contributed by atoms with van der Waals surface area (Å²) in [6.45, 7) is 2.44. The van der Waals surface area contributed by atoms with E-state index in [9.17, 15) is 14.7 Å². The number of fused-ring (bicyclic) bond motifs is 1. The Kier molecular flexibility index (Phi) is 4.34. The lowest BCUT2D eigenvalue weighted by molar-refractivity contribution is -0.142. The molecular formula is C17H20N2O4. The Bertz CT molecular complexity index is 724. The molecule has 0 unspecified atom stereocenters. The predicted octanol–water partition coefficient (Wildman–Crippen LogP) is 1.70. The van der Waals surface area contributed by atoms with Gasteiger partial charge in [-0.1, -0.05) is 18.2 Å². The molecule has 1 aliphatic carbocycles. The van der Waals surface area contributed by atoms with Crippen LogP contribution < -0.4 is 5.32 Å². The molecule has 1 amide bonds. The zero-order chi connectivity index (χ0) is 16.4. The number of aromatic amines is 1. The van der Waals surface area contributed by atoms with Gasteiger partial charge in [0.1, 0.15) is 6.04 Å². The molecule has 1 aliphatic rings. The number of carbonyl (C=O) groups excluding carboxylic acids is 1. The Morgan fingerprint density at radius 3 is 2.96 bits per heavy atom. The van der Waals surface area contributed by atoms with Gasteiger partial charge in [-0.05, 0) is 25.0 Å². The number of aromatic nitrogens is 1. The van der Waals surface area contributed by atoms with Crippen molar-refractivity contribution in [1.29, 1.82) is 0 Å². The second-order valence-corrected chi connectivity index (χ2v) is 5.80. The van der Waals surface area contributed by atoms with Gasteiger partial charge in [0, 0.05) is 30.1 Å². The second-order valence-electron chi connectivity index (χ2n) is 5.80. The molecule has 0 saturated heterocycles. The van der Waals surface area contributed by atoms with Crippen LogP contribution in [0.1, 0.15) is 18.9 Å². The third kappa shape index (κ3) is 3.37. The SMILES string of the molecule is CCO[C@@H]1C[C@@H]1C(=O)N[C@H](Cc1c[nH]c2ccccc12)C(=O)O. The van der Waals surface area contributed by atoms with E-state index in [0.717, 1.165) is 16.5 Å². The van der Waals surface area contributed by atoms with E-state index in [0.29, 0.717) is 13.0 Å². The maximum Gasteiger partial charge on any atom is 0.326 e. The number of amides is 1. The number of H-pyrrole nitrogens is 1. The Morgan fingerprint density at radius 1 is 1.43 bits per heavy atom. The number of ether oxygens (including phenoxy) is 1. The number of carboxylic acid groups (broad SMARTS) is 1. The molecular weight excluding hydrogens is 296 g/mol. The molecule has 122 valence electrons. The van der Waals surface area contributed by atoms with Crippen molar-refractivity contribution in [3.05, 3.63) is 36.0 Å². The lowest BCUT2D eigenvalue weighted by atomic mass is 10.0. The van der Waals surface area contributed by atoms with Gasteiger partial charge >= 0.3 is 5.97 Å². The van der Waals surface area contributed by atoms with Crippen LogP contribution in [-0.4, -0.2) is 40.7 Å². The Labute approximate surface area is 133 Å². The molecule has 1 heterocycles. The largest absolute Gasteiger partial charge is 0.480 e. The molecule has 1 fully saturated rings. The average Bonchev–Trinajstić information content (AvgIpc) is 3.19. The van der Waals surface area contributed by atoms with E-state index in [-0.39, 0.29) is 24.3 Å². The first kappa shape index (κ1) is 15.6.